The number of benzene rings is 1. The number of hydrogen-bond acceptors (Lipinski definition) is 7. The first-order valence-corrected chi connectivity index (χ1v) is 9.42. The molecule has 1 aromatic carbocycles. The molecule has 0 bridgehead atoms. The first-order valence-electron chi connectivity index (χ1n) is 7.17. The van der Waals surface area contributed by atoms with Crippen LogP contribution < -0.4 is 5.32 Å². The van der Waals surface area contributed by atoms with Crippen LogP contribution in [0.3, 0.4) is 0 Å². The molecule has 1 heterocycles. The molecular weight excluding hydrogens is 370 g/mol. The van der Waals surface area contributed by atoms with Crippen LogP contribution in [0.2, 0.25) is 5.02 Å². The first-order chi connectivity index (χ1) is 11.5. The molecule has 0 spiro atoms. The number of aromatic nitrogens is 2. The van der Waals surface area contributed by atoms with Crippen molar-refractivity contribution in [1.29, 1.82) is 0 Å². The van der Waals surface area contributed by atoms with Crippen molar-refractivity contribution in [2.45, 2.75) is 19.1 Å². The second-order valence-corrected chi connectivity index (χ2v) is 7.35. The number of nitrogens with one attached hydrogen (secondary N) is 1. The molecule has 0 saturated carbocycles. The molecule has 0 aliphatic rings. The topological polar surface area (TPSA) is 81.2 Å². The van der Waals surface area contributed by atoms with E-state index in [4.69, 9.17) is 16.3 Å². The van der Waals surface area contributed by atoms with E-state index in [1.54, 1.807) is 19.9 Å². The van der Waals surface area contributed by atoms with Crippen LogP contribution in [-0.4, -0.2) is 39.7 Å². The molecule has 0 fully saturated rings. The van der Waals surface area contributed by atoms with Crippen molar-refractivity contribution in [2.75, 3.05) is 17.7 Å². The van der Waals surface area contributed by atoms with Crippen molar-refractivity contribution >= 4 is 51.7 Å². The lowest BCUT2D eigenvalue weighted by Crippen LogP contribution is -2.24. The van der Waals surface area contributed by atoms with Gasteiger partial charge in [-0.3, -0.25) is 14.9 Å². The quantitative estimate of drug-likeness (QED) is 0.735. The Morgan fingerprint density at radius 3 is 2.83 bits per heavy atom. The van der Waals surface area contributed by atoms with Gasteiger partial charge in [0.15, 0.2) is 5.01 Å². The monoisotopic (exact) mass is 385 g/mol. The number of thioether (sulfide) groups is 1. The number of hydrogen-bond donors (Lipinski definition) is 1. The van der Waals surface area contributed by atoms with Crippen LogP contribution >= 0.6 is 34.7 Å². The zero-order valence-corrected chi connectivity index (χ0v) is 15.5. The lowest BCUT2D eigenvalue weighted by molar-refractivity contribution is -0.139. The van der Waals surface area contributed by atoms with Crippen molar-refractivity contribution in [2.24, 2.45) is 0 Å². The minimum Gasteiger partial charge on any atom is -0.465 e. The predicted octanol–water partition coefficient (Wildman–Crippen LogP) is 3.48. The Morgan fingerprint density at radius 2 is 2.12 bits per heavy atom. The largest absolute Gasteiger partial charge is 0.465 e. The number of esters is 1. The molecule has 9 heteroatoms. The first kappa shape index (κ1) is 18.7. The van der Waals surface area contributed by atoms with Crippen molar-refractivity contribution in [3.63, 3.8) is 0 Å². The summed E-state index contributed by atoms with van der Waals surface area (Å²) in [5, 5.41) is 11.9. The van der Waals surface area contributed by atoms with E-state index in [1.165, 1.54) is 23.1 Å². The minimum atomic E-state index is -0.415. The molecule has 1 N–H and O–H groups in total. The molecule has 0 saturated heterocycles. The van der Waals surface area contributed by atoms with E-state index in [0.717, 1.165) is 5.56 Å². The number of carbonyl (C=O) groups excluding carboxylic acids is 2. The second-order valence-electron chi connectivity index (χ2n) is 4.64. The van der Waals surface area contributed by atoms with Gasteiger partial charge in [-0.2, -0.15) is 0 Å². The van der Waals surface area contributed by atoms with Crippen molar-refractivity contribution in [3.8, 4) is 10.6 Å². The van der Waals surface area contributed by atoms with Crippen LogP contribution in [-0.2, 0) is 14.3 Å². The van der Waals surface area contributed by atoms with Gasteiger partial charge in [0.1, 0.15) is 0 Å². The molecule has 2 rings (SSSR count). The van der Waals surface area contributed by atoms with E-state index in [-0.39, 0.29) is 17.6 Å². The number of ether oxygens (including phenoxy) is 1. The smallest absolute Gasteiger partial charge is 0.315 e. The molecule has 1 atom stereocenters. The summed E-state index contributed by atoms with van der Waals surface area (Å²) in [6, 6.07) is 7.30. The van der Waals surface area contributed by atoms with Gasteiger partial charge in [-0.1, -0.05) is 41.1 Å². The molecule has 1 aromatic heterocycles. The number of rotatable bonds is 7. The SMILES string of the molecule is CCOC(=O)CS[C@H](C)C(=O)Nc1nnc(-c2ccccc2Cl)s1. The van der Waals surface area contributed by atoms with Crippen molar-refractivity contribution < 1.29 is 14.3 Å². The van der Waals surface area contributed by atoms with Crippen LogP contribution in [0.15, 0.2) is 24.3 Å². The highest BCUT2D eigenvalue weighted by Gasteiger charge is 2.18. The van der Waals surface area contributed by atoms with Crippen LogP contribution in [0.4, 0.5) is 5.13 Å². The van der Waals surface area contributed by atoms with Gasteiger partial charge < -0.3 is 4.74 Å². The summed E-state index contributed by atoms with van der Waals surface area (Å²) in [5.41, 5.74) is 0.766. The molecule has 0 unspecified atom stereocenters. The van der Waals surface area contributed by atoms with Gasteiger partial charge in [0.2, 0.25) is 11.0 Å². The number of carbonyl (C=O) groups is 2. The summed E-state index contributed by atoms with van der Waals surface area (Å²) in [4.78, 5) is 23.4. The zero-order valence-electron chi connectivity index (χ0n) is 13.1. The average molecular weight is 386 g/mol. The summed E-state index contributed by atoms with van der Waals surface area (Å²) in [7, 11) is 0. The standard InChI is InChI=1S/C15H16ClN3O3S2/c1-3-22-12(20)8-23-9(2)13(21)17-15-19-18-14(24-15)10-6-4-5-7-11(10)16/h4-7,9H,3,8H2,1-2H3,(H,17,19,21)/t9-/m1/s1. The summed E-state index contributed by atoms with van der Waals surface area (Å²) in [6.07, 6.45) is 0. The lowest BCUT2D eigenvalue weighted by Gasteiger charge is -2.09. The second kappa shape index (κ2) is 9.00. The van der Waals surface area contributed by atoms with Gasteiger partial charge in [-0.25, -0.2) is 0 Å². The number of halogens is 1. The average Bonchev–Trinajstić information content (AvgIpc) is 3.01. The van der Waals surface area contributed by atoms with E-state index in [1.807, 2.05) is 18.2 Å². The van der Waals surface area contributed by atoms with Crippen LogP contribution in [0, 0.1) is 0 Å². The van der Waals surface area contributed by atoms with Crippen LogP contribution in [0.5, 0.6) is 0 Å². The number of nitrogens with zero attached hydrogens (tertiary/aromatic N) is 2. The van der Waals surface area contributed by atoms with Crippen molar-refractivity contribution in [3.05, 3.63) is 29.3 Å². The lowest BCUT2D eigenvalue weighted by atomic mass is 10.2. The molecule has 6 nitrogen and oxygen atoms in total. The van der Waals surface area contributed by atoms with Gasteiger partial charge in [0.25, 0.3) is 0 Å². The van der Waals surface area contributed by atoms with E-state index in [0.29, 0.717) is 21.8 Å². The molecule has 0 aliphatic heterocycles. The van der Waals surface area contributed by atoms with E-state index < -0.39 is 5.25 Å². The van der Waals surface area contributed by atoms with Gasteiger partial charge >= 0.3 is 5.97 Å². The number of amides is 1. The molecule has 0 aliphatic carbocycles. The van der Waals surface area contributed by atoms with Crippen LogP contribution in [0.25, 0.3) is 10.6 Å². The summed E-state index contributed by atoms with van der Waals surface area (Å²) < 4.78 is 4.83. The summed E-state index contributed by atoms with van der Waals surface area (Å²) in [6.45, 7) is 3.79. The Morgan fingerprint density at radius 1 is 1.38 bits per heavy atom. The van der Waals surface area contributed by atoms with Gasteiger partial charge in [-0.15, -0.1) is 22.0 Å². The Labute approximate surface area is 153 Å². The molecule has 2 aromatic rings. The summed E-state index contributed by atoms with van der Waals surface area (Å²) >= 11 is 8.57. The van der Waals surface area contributed by atoms with Crippen molar-refractivity contribution in [1.82, 2.24) is 10.2 Å². The Kier molecular flexibility index (Phi) is 7.01. The molecule has 0 radical (unpaired) electrons. The van der Waals surface area contributed by atoms with E-state index in [2.05, 4.69) is 15.5 Å². The third kappa shape index (κ3) is 5.19. The highest BCUT2D eigenvalue weighted by atomic mass is 35.5. The third-order valence-corrected chi connectivity index (χ3v) is 5.20. The highest BCUT2D eigenvalue weighted by Crippen LogP contribution is 2.31. The fraction of sp³-hybridized carbons (Fsp3) is 0.333. The minimum absolute atomic E-state index is 0.128. The maximum absolute atomic E-state index is 12.1. The number of anilines is 1. The third-order valence-electron chi connectivity index (χ3n) is 2.89. The summed E-state index contributed by atoms with van der Waals surface area (Å²) in [5.74, 6) is -0.450. The predicted molar refractivity (Wildman–Crippen MR) is 97.5 cm³/mol. The fourth-order valence-corrected chi connectivity index (χ4v) is 3.44. The highest BCUT2D eigenvalue weighted by molar-refractivity contribution is 8.01. The maximum atomic E-state index is 12.1. The maximum Gasteiger partial charge on any atom is 0.315 e. The van der Waals surface area contributed by atoms with E-state index >= 15 is 0 Å². The molecular formula is C15H16ClN3O3S2. The van der Waals surface area contributed by atoms with Gasteiger partial charge in [0, 0.05) is 5.56 Å². The van der Waals surface area contributed by atoms with Crippen LogP contribution in [0.1, 0.15) is 13.8 Å². The fourth-order valence-electron chi connectivity index (χ4n) is 1.70. The van der Waals surface area contributed by atoms with Gasteiger partial charge in [0.05, 0.1) is 22.6 Å². The Balaban J connectivity index is 1.93. The van der Waals surface area contributed by atoms with E-state index in [9.17, 15) is 9.59 Å². The normalized spacial score (nSPS) is 11.8. The Bertz CT molecular complexity index is 723. The Hall–Kier alpha value is -1.64. The molecule has 1 amide bonds. The van der Waals surface area contributed by atoms with Gasteiger partial charge in [-0.05, 0) is 19.9 Å². The molecule has 128 valence electrons. The molecule has 24 heavy (non-hydrogen) atoms. The zero-order chi connectivity index (χ0) is 17.5.